The minimum Gasteiger partial charge on any atom is -0.465 e. The SMILES string of the molecule is Cc1ccc(C(CN=C(N)Nc2ccc(OC(F)(F)F)cc2)N2CCCC2)o1.I. The van der Waals surface area contributed by atoms with E-state index in [4.69, 9.17) is 10.2 Å². The van der Waals surface area contributed by atoms with Gasteiger partial charge in [0, 0.05) is 5.69 Å². The van der Waals surface area contributed by atoms with E-state index in [-0.39, 0.29) is 41.7 Å². The molecule has 2 heterocycles. The van der Waals surface area contributed by atoms with Gasteiger partial charge in [0.25, 0.3) is 0 Å². The van der Waals surface area contributed by atoms with Crippen molar-refractivity contribution in [3.8, 4) is 5.75 Å². The van der Waals surface area contributed by atoms with Crippen LogP contribution in [-0.2, 0) is 0 Å². The van der Waals surface area contributed by atoms with Crippen molar-refractivity contribution in [2.45, 2.75) is 32.2 Å². The monoisotopic (exact) mass is 524 g/mol. The van der Waals surface area contributed by atoms with Gasteiger partial charge in [0.15, 0.2) is 5.96 Å². The van der Waals surface area contributed by atoms with E-state index in [0.29, 0.717) is 12.2 Å². The number of likely N-dealkylation sites (tertiary alicyclic amines) is 1. The predicted molar refractivity (Wildman–Crippen MR) is 116 cm³/mol. The smallest absolute Gasteiger partial charge is 0.465 e. The molecule has 1 aliphatic rings. The van der Waals surface area contributed by atoms with Gasteiger partial charge in [0.1, 0.15) is 17.3 Å². The zero-order valence-corrected chi connectivity index (χ0v) is 18.2. The van der Waals surface area contributed by atoms with Gasteiger partial charge in [-0.3, -0.25) is 9.89 Å². The van der Waals surface area contributed by atoms with Crippen LogP contribution >= 0.6 is 24.0 Å². The molecular weight excluding hydrogens is 500 g/mol. The van der Waals surface area contributed by atoms with Gasteiger partial charge in [-0.25, -0.2) is 0 Å². The van der Waals surface area contributed by atoms with Crippen LogP contribution in [0.2, 0.25) is 0 Å². The van der Waals surface area contributed by atoms with Gasteiger partial charge in [-0.15, -0.1) is 37.1 Å². The summed E-state index contributed by atoms with van der Waals surface area (Å²) in [5.74, 6) is 1.58. The van der Waals surface area contributed by atoms with Crippen molar-refractivity contribution in [2.24, 2.45) is 10.7 Å². The first-order valence-corrected chi connectivity index (χ1v) is 9.03. The van der Waals surface area contributed by atoms with Crippen LogP contribution in [0.5, 0.6) is 5.75 Å². The number of hydrogen-bond donors (Lipinski definition) is 2. The van der Waals surface area contributed by atoms with Gasteiger partial charge in [-0.2, -0.15) is 0 Å². The Morgan fingerprint density at radius 2 is 1.86 bits per heavy atom. The van der Waals surface area contributed by atoms with Crippen molar-refractivity contribution in [2.75, 3.05) is 25.0 Å². The molecule has 0 radical (unpaired) electrons. The summed E-state index contributed by atoms with van der Waals surface area (Å²) in [4.78, 5) is 6.72. The summed E-state index contributed by atoms with van der Waals surface area (Å²) >= 11 is 0. The topological polar surface area (TPSA) is 76.0 Å². The highest BCUT2D eigenvalue weighted by Gasteiger charge is 2.31. The maximum absolute atomic E-state index is 12.2. The minimum atomic E-state index is -4.72. The molecular formula is C19H24F3IN4O2. The minimum absolute atomic E-state index is 0. The number of anilines is 1. The number of aliphatic imine (C=N–C) groups is 1. The first-order chi connectivity index (χ1) is 13.3. The van der Waals surface area contributed by atoms with Gasteiger partial charge in [0.2, 0.25) is 0 Å². The fraction of sp³-hybridized carbons (Fsp3) is 0.421. The Balaban J connectivity index is 0.00000300. The molecule has 0 bridgehead atoms. The number of guanidine groups is 1. The van der Waals surface area contributed by atoms with Crippen molar-refractivity contribution in [1.82, 2.24) is 4.90 Å². The molecule has 1 aliphatic heterocycles. The molecule has 6 nitrogen and oxygen atoms in total. The molecule has 0 aliphatic carbocycles. The first-order valence-electron chi connectivity index (χ1n) is 9.03. The van der Waals surface area contributed by atoms with Crippen LogP contribution in [0, 0.1) is 6.92 Å². The van der Waals surface area contributed by atoms with Crippen molar-refractivity contribution in [3.63, 3.8) is 0 Å². The summed E-state index contributed by atoms with van der Waals surface area (Å²) in [7, 11) is 0. The van der Waals surface area contributed by atoms with Crippen molar-refractivity contribution in [1.29, 1.82) is 0 Å². The van der Waals surface area contributed by atoms with Gasteiger partial charge < -0.3 is 20.2 Å². The molecule has 1 aromatic heterocycles. The standard InChI is InChI=1S/C19H23F3N4O2.HI/c1-13-4-9-17(27-13)16(26-10-2-3-11-26)12-24-18(23)25-14-5-7-15(8-6-14)28-19(20,21)22;/h4-9,16H,2-3,10-12H2,1H3,(H3,23,24,25);1H. The molecule has 2 aromatic rings. The van der Waals surface area contributed by atoms with Crippen LogP contribution in [0.3, 0.4) is 0 Å². The Labute approximate surface area is 184 Å². The number of halogens is 4. The first kappa shape index (κ1) is 23.3. The lowest BCUT2D eigenvalue weighted by atomic mass is 10.2. The number of benzene rings is 1. The van der Waals surface area contributed by atoms with Crippen LogP contribution in [0.25, 0.3) is 0 Å². The van der Waals surface area contributed by atoms with Crippen LogP contribution in [-0.4, -0.2) is 36.9 Å². The third-order valence-electron chi connectivity index (χ3n) is 4.47. The average molecular weight is 524 g/mol. The quantitative estimate of drug-likeness (QED) is 0.327. The summed E-state index contributed by atoms with van der Waals surface area (Å²) in [6.07, 6.45) is -2.44. The lowest BCUT2D eigenvalue weighted by Crippen LogP contribution is -2.30. The molecule has 3 N–H and O–H groups in total. The van der Waals surface area contributed by atoms with Crippen molar-refractivity contribution >= 4 is 35.6 Å². The highest BCUT2D eigenvalue weighted by molar-refractivity contribution is 14.0. The zero-order chi connectivity index (χ0) is 20.1. The summed E-state index contributed by atoms with van der Waals surface area (Å²) in [6, 6.07) is 9.18. The number of nitrogens with two attached hydrogens (primary N) is 1. The molecule has 3 rings (SSSR count). The molecule has 29 heavy (non-hydrogen) atoms. The molecule has 1 unspecified atom stereocenters. The molecule has 1 atom stereocenters. The molecule has 1 aromatic carbocycles. The normalized spacial score (nSPS) is 16.3. The van der Waals surface area contributed by atoms with Crippen molar-refractivity contribution < 1.29 is 22.3 Å². The Hall–Kier alpha value is -1.95. The van der Waals surface area contributed by atoms with E-state index in [9.17, 15) is 13.2 Å². The summed E-state index contributed by atoms with van der Waals surface area (Å²) in [6.45, 7) is 4.28. The van der Waals surface area contributed by atoms with E-state index in [2.05, 4.69) is 19.9 Å². The highest BCUT2D eigenvalue weighted by Crippen LogP contribution is 2.27. The predicted octanol–water partition coefficient (Wildman–Crippen LogP) is 4.67. The zero-order valence-electron chi connectivity index (χ0n) is 15.9. The van der Waals surface area contributed by atoms with Gasteiger partial charge in [-0.1, -0.05) is 0 Å². The number of furan rings is 1. The lowest BCUT2D eigenvalue weighted by molar-refractivity contribution is -0.274. The van der Waals surface area contributed by atoms with Gasteiger partial charge in [-0.05, 0) is 69.3 Å². The van der Waals surface area contributed by atoms with Crippen LogP contribution < -0.4 is 15.8 Å². The number of nitrogens with one attached hydrogen (secondary N) is 1. The van der Waals surface area contributed by atoms with E-state index >= 15 is 0 Å². The van der Waals surface area contributed by atoms with Crippen molar-refractivity contribution in [3.05, 3.63) is 47.9 Å². The van der Waals surface area contributed by atoms with Crippen LogP contribution in [0.4, 0.5) is 18.9 Å². The second kappa shape index (κ2) is 10.2. The second-order valence-electron chi connectivity index (χ2n) is 6.63. The fourth-order valence-electron chi connectivity index (χ4n) is 3.18. The average Bonchev–Trinajstić information content (AvgIpc) is 3.28. The third-order valence-corrected chi connectivity index (χ3v) is 4.47. The molecule has 10 heteroatoms. The van der Waals surface area contributed by atoms with Gasteiger partial charge >= 0.3 is 6.36 Å². The fourth-order valence-corrected chi connectivity index (χ4v) is 3.18. The number of aryl methyl sites for hydroxylation is 1. The molecule has 0 spiro atoms. The van der Waals surface area contributed by atoms with Crippen LogP contribution in [0.1, 0.15) is 30.4 Å². The molecule has 0 saturated carbocycles. The maximum Gasteiger partial charge on any atom is 0.573 e. The molecule has 1 saturated heterocycles. The Morgan fingerprint density at radius 3 is 2.41 bits per heavy atom. The van der Waals surface area contributed by atoms with E-state index in [1.165, 1.54) is 24.3 Å². The van der Waals surface area contributed by atoms with E-state index < -0.39 is 6.36 Å². The number of hydrogen-bond acceptors (Lipinski definition) is 4. The highest BCUT2D eigenvalue weighted by atomic mass is 127. The number of rotatable bonds is 6. The lowest BCUT2D eigenvalue weighted by Gasteiger charge is -2.24. The Kier molecular flexibility index (Phi) is 8.20. The third kappa shape index (κ3) is 7.11. The summed E-state index contributed by atoms with van der Waals surface area (Å²) < 4.78 is 46.3. The van der Waals surface area contributed by atoms with E-state index in [1.807, 2.05) is 19.1 Å². The van der Waals surface area contributed by atoms with E-state index in [0.717, 1.165) is 37.5 Å². The molecule has 160 valence electrons. The Morgan fingerprint density at radius 1 is 1.21 bits per heavy atom. The summed E-state index contributed by atoms with van der Waals surface area (Å²) in [5, 5.41) is 2.88. The van der Waals surface area contributed by atoms with Gasteiger partial charge in [0.05, 0.1) is 12.6 Å². The second-order valence-corrected chi connectivity index (χ2v) is 6.63. The maximum atomic E-state index is 12.2. The number of ether oxygens (including phenoxy) is 1. The molecule has 0 amide bonds. The van der Waals surface area contributed by atoms with E-state index in [1.54, 1.807) is 0 Å². The largest absolute Gasteiger partial charge is 0.573 e. The number of alkyl halides is 3. The molecule has 1 fully saturated rings. The number of nitrogens with zero attached hydrogens (tertiary/aromatic N) is 2. The van der Waals surface area contributed by atoms with Crippen LogP contribution in [0.15, 0.2) is 45.8 Å². The Bertz CT molecular complexity index is 803. The summed E-state index contributed by atoms with van der Waals surface area (Å²) in [5.41, 5.74) is 6.47.